The molecule has 106 valence electrons. The fraction of sp³-hybridized carbons (Fsp3) is 0.562. The molecule has 0 aliphatic carbocycles. The van der Waals surface area contributed by atoms with Gasteiger partial charge in [0.1, 0.15) is 0 Å². The molecule has 2 N–H and O–H groups in total. The Hall–Kier alpha value is -1.35. The molecule has 0 radical (unpaired) electrons. The standard InChI is InChI=1S/C16H25NO2/c1-6-11(2)12-7-9-13(10-8-12)14(17-5)16(3,4)15(18)19/h7-11,14,17H,6H2,1-5H3,(H,18,19). The molecule has 2 unspecified atom stereocenters. The zero-order valence-electron chi connectivity index (χ0n) is 12.5. The summed E-state index contributed by atoms with van der Waals surface area (Å²) < 4.78 is 0. The van der Waals surface area contributed by atoms with Crippen LogP contribution in [0.4, 0.5) is 0 Å². The highest BCUT2D eigenvalue weighted by molar-refractivity contribution is 5.75. The molecule has 0 amide bonds. The summed E-state index contributed by atoms with van der Waals surface area (Å²) in [6, 6.07) is 8.08. The van der Waals surface area contributed by atoms with E-state index in [1.165, 1.54) is 5.56 Å². The van der Waals surface area contributed by atoms with Gasteiger partial charge in [-0.1, -0.05) is 38.1 Å². The van der Waals surface area contributed by atoms with E-state index in [0.29, 0.717) is 5.92 Å². The third kappa shape index (κ3) is 3.35. The van der Waals surface area contributed by atoms with E-state index in [1.807, 2.05) is 12.1 Å². The first-order valence-electron chi connectivity index (χ1n) is 6.85. The monoisotopic (exact) mass is 263 g/mol. The van der Waals surface area contributed by atoms with Crippen LogP contribution in [0.5, 0.6) is 0 Å². The van der Waals surface area contributed by atoms with Crippen molar-refractivity contribution in [2.45, 2.75) is 46.1 Å². The molecule has 1 aromatic rings. The summed E-state index contributed by atoms with van der Waals surface area (Å²) in [5, 5.41) is 12.5. The number of rotatable bonds is 6. The minimum atomic E-state index is -0.841. The van der Waals surface area contributed by atoms with Gasteiger partial charge < -0.3 is 10.4 Å². The molecular formula is C16H25NO2. The number of benzene rings is 1. The van der Waals surface area contributed by atoms with Crippen molar-refractivity contribution in [1.82, 2.24) is 5.32 Å². The Balaban J connectivity index is 3.04. The van der Waals surface area contributed by atoms with Crippen LogP contribution in [0, 0.1) is 5.41 Å². The molecule has 0 aliphatic rings. The quantitative estimate of drug-likeness (QED) is 0.825. The van der Waals surface area contributed by atoms with Gasteiger partial charge in [0, 0.05) is 6.04 Å². The van der Waals surface area contributed by atoms with E-state index in [-0.39, 0.29) is 6.04 Å². The number of hydrogen-bond donors (Lipinski definition) is 2. The SMILES string of the molecule is CCC(C)c1ccc(C(NC)C(C)(C)C(=O)O)cc1. The Bertz CT molecular complexity index is 423. The van der Waals surface area contributed by atoms with Crippen LogP contribution in [0.2, 0.25) is 0 Å². The maximum atomic E-state index is 11.4. The van der Waals surface area contributed by atoms with Crippen LogP contribution in [-0.4, -0.2) is 18.1 Å². The number of aliphatic carboxylic acids is 1. The summed E-state index contributed by atoms with van der Waals surface area (Å²) in [5.74, 6) is -0.257. The van der Waals surface area contributed by atoms with Crippen molar-refractivity contribution in [2.24, 2.45) is 5.41 Å². The number of hydrogen-bond acceptors (Lipinski definition) is 2. The summed E-state index contributed by atoms with van der Waals surface area (Å²) >= 11 is 0. The normalized spacial score (nSPS) is 15.0. The Labute approximate surface area is 116 Å². The van der Waals surface area contributed by atoms with E-state index in [1.54, 1.807) is 20.9 Å². The Kier molecular flexibility index (Phi) is 5.12. The summed E-state index contributed by atoms with van der Waals surface area (Å²) in [5.41, 5.74) is 1.48. The molecule has 1 aromatic carbocycles. The average Bonchev–Trinajstić information content (AvgIpc) is 2.39. The molecular weight excluding hydrogens is 238 g/mol. The zero-order chi connectivity index (χ0) is 14.6. The summed E-state index contributed by atoms with van der Waals surface area (Å²) in [4.78, 5) is 11.4. The maximum Gasteiger partial charge on any atom is 0.311 e. The summed E-state index contributed by atoms with van der Waals surface area (Å²) in [7, 11) is 1.80. The predicted octanol–water partition coefficient (Wildman–Crippen LogP) is 3.57. The highest BCUT2D eigenvalue weighted by Gasteiger charge is 2.36. The van der Waals surface area contributed by atoms with Crippen molar-refractivity contribution in [3.8, 4) is 0 Å². The van der Waals surface area contributed by atoms with Crippen LogP contribution in [0.3, 0.4) is 0 Å². The predicted molar refractivity (Wildman–Crippen MR) is 78.4 cm³/mol. The van der Waals surface area contributed by atoms with Crippen molar-refractivity contribution in [3.05, 3.63) is 35.4 Å². The summed E-state index contributed by atoms with van der Waals surface area (Å²) in [6.45, 7) is 7.87. The van der Waals surface area contributed by atoms with Gasteiger partial charge in [-0.3, -0.25) is 4.79 Å². The molecule has 19 heavy (non-hydrogen) atoms. The molecule has 0 heterocycles. The van der Waals surface area contributed by atoms with E-state index in [4.69, 9.17) is 0 Å². The van der Waals surface area contributed by atoms with E-state index in [2.05, 4.69) is 31.3 Å². The average molecular weight is 263 g/mol. The smallest absolute Gasteiger partial charge is 0.311 e. The number of carboxylic acids is 1. The molecule has 0 bridgehead atoms. The zero-order valence-corrected chi connectivity index (χ0v) is 12.5. The molecule has 0 saturated heterocycles. The van der Waals surface area contributed by atoms with Crippen LogP contribution >= 0.6 is 0 Å². The second-order valence-corrected chi connectivity index (χ2v) is 5.72. The Morgan fingerprint density at radius 1 is 1.26 bits per heavy atom. The van der Waals surface area contributed by atoms with E-state index in [9.17, 15) is 9.90 Å². The van der Waals surface area contributed by atoms with Gasteiger partial charge >= 0.3 is 5.97 Å². The lowest BCUT2D eigenvalue weighted by Gasteiger charge is -2.30. The molecule has 1 rings (SSSR count). The van der Waals surface area contributed by atoms with Gasteiger partial charge in [0.25, 0.3) is 0 Å². The Morgan fingerprint density at radius 3 is 2.11 bits per heavy atom. The van der Waals surface area contributed by atoms with Gasteiger partial charge in [-0.15, -0.1) is 0 Å². The molecule has 3 heteroatoms. The van der Waals surface area contributed by atoms with Gasteiger partial charge in [0.15, 0.2) is 0 Å². The molecule has 0 spiro atoms. The van der Waals surface area contributed by atoms with Crippen LogP contribution in [0.15, 0.2) is 24.3 Å². The first kappa shape index (κ1) is 15.7. The van der Waals surface area contributed by atoms with E-state index in [0.717, 1.165) is 12.0 Å². The highest BCUT2D eigenvalue weighted by atomic mass is 16.4. The fourth-order valence-corrected chi connectivity index (χ4v) is 2.32. The largest absolute Gasteiger partial charge is 0.481 e. The third-order valence-corrected chi connectivity index (χ3v) is 4.01. The second kappa shape index (κ2) is 6.20. The van der Waals surface area contributed by atoms with Crippen LogP contribution < -0.4 is 5.32 Å². The lowest BCUT2D eigenvalue weighted by atomic mass is 9.80. The van der Waals surface area contributed by atoms with Crippen LogP contribution in [0.25, 0.3) is 0 Å². The molecule has 2 atom stereocenters. The summed E-state index contributed by atoms with van der Waals surface area (Å²) in [6.07, 6.45) is 1.11. The van der Waals surface area contributed by atoms with E-state index < -0.39 is 11.4 Å². The molecule has 0 aromatic heterocycles. The number of carboxylic acid groups (broad SMARTS) is 1. The lowest BCUT2D eigenvalue weighted by molar-refractivity contribution is -0.148. The molecule has 3 nitrogen and oxygen atoms in total. The van der Waals surface area contributed by atoms with Crippen LogP contribution in [0.1, 0.15) is 57.2 Å². The number of carbonyl (C=O) groups is 1. The molecule has 0 fully saturated rings. The van der Waals surface area contributed by atoms with Gasteiger partial charge in [-0.2, -0.15) is 0 Å². The topological polar surface area (TPSA) is 49.3 Å². The Morgan fingerprint density at radius 2 is 1.74 bits per heavy atom. The van der Waals surface area contributed by atoms with E-state index >= 15 is 0 Å². The van der Waals surface area contributed by atoms with Gasteiger partial charge in [0.05, 0.1) is 5.41 Å². The van der Waals surface area contributed by atoms with Gasteiger partial charge in [0.2, 0.25) is 0 Å². The minimum Gasteiger partial charge on any atom is -0.481 e. The lowest BCUT2D eigenvalue weighted by Crippen LogP contribution is -2.38. The number of nitrogens with one attached hydrogen (secondary N) is 1. The molecule has 0 saturated carbocycles. The van der Waals surface area contributed by atoms with Crippen molar-refractivity contribution in [3.63, 3.8) is 0 Å². The van der Waals surface area contributed by atoms with Gasteiger partial charge in [-0.25, -0.2) is 0 Å². The second-order valence-electron chi connectivity index (χ2n) is 5.72. The third-order valence-electron chi connectivity index (χ3n) is 4.01. The molecule has 0 aliphatic heterocycles. The van der Waals surface area contributed by atoms with Gasteiger partial charge in [-0.05, 0) is 44.4 Å². The fourth-order valence-electron chi connectivity index (χ4n) is 2.32. The first-order chi connectivity index (χ1) is 8.84. The van der Waals surface area contributed by atoms with Crippen molar-refractivity contribution >= 4 is 5.97 Å². The highest BCUT2D eigenvalue weighted by Crippen LogP contribution is 2.34. The maximum absolute atomic E-state index is 11.4. The minimum absolute atomic E-state index is 0.198. The van der Waals surface area contributed by atoms with Crippen molar-refractivity contribution < 1.29 is 9.90 Å². The van der Waals surface area contributed by atoms with Crippen LogP contribution in [-0.2, 0) is 4.79 Å². The first-order valence-corrected chi connectivity index (χ1v) is 6.85. The van der Waals surface area contributed by atoms with Crippen molar-refractivity contribution in [1.29, 1.82) is 0 Å². The van der Waals surface area contributed by atoms with Crippen molar-refractivity contribution in [2.75, 3.05) is 7.05 Å².